The van der Waals surface area contributed by atoms with Gasteiger partial charge in [0.2, 0.25) is 0 Å². The van der Waals surface area contributed by atoms with Crippen molar-refractivity contribution in [1.29, 1.82) is 0 Å². The minimum atomic E-state index is -0.365. The first-order valence-electron chi connectivity index (χ1n) is 8.69. The molecule has 4 heteroatoms. The summed E-state index contributed by atoms with van der Waals surface area (Å²) in [5.41, 5.74) is 2.97. The van der Waals surface area contributed by atoms with E-state index in [-0.39, 0.29) is 11.7 Å². The summed E-state index contributed by atoms with van der Waals surface area (Å²) in [7, 11) is 0. The number of fused-ring (bicyclic) bond motifs is 1. The van der Waals surface area contributed by atoms with Crippen LogP contribution in [0.25, 0.3) is 22.2 Å². The number of nitrogens with zero attached hydrogens (tertiary/aromatic N) is 1. The fourth-order valence-electron chi connectivity index (χ4n) is 3.04. The van der Waals surface area contributed by atoms with Crippen molar-refractivity contribution in [2.24, 2.45) is 0 Å². The first-order valence-corrected chi connectivity index (χ1v) is 8.69. The van der Waals surface area contributed by atoms with Gasteiger partial charge >= 0.3 is 0 Å². The van der Waals surface area contributed by atoms with Crippen molar-refractivity contribution < 1.29 is 9.18 Å². The molecule has 1 amide bonds. The highest BCUT2D eigenvalue weighted by Gasteiger charge is 2.15. The van der Waals surface area contributed by atoms with Crippen molar-refractivity contribution >= 4 is 16.8 Å². The third-order valence-corrected chi connectivity index (χ3v) is 4.41. The summed E-state index contributed by atoms with van der Waals surface area (Å²) in [5.74, 6) is -0.578. The number of halogens is 1. The summed E-state index contributed by atoms with van der Waals surface area (Å²) in [6.07, 6.45) is 0. The number of amides is 1. The number of pyridine rings is 1. The molecule has 132 valence electrons. The van der Waals surface area contributed by atoms with E-state index in [2.05, 4.69) is 10.3 Å². The van der Waals surface area contributed by atoms with Crippen molar-refractivity contribution in [3.8, 4) is 11.3 Å². The Morgan fingerprint density at radius 3 is 2.41 bits per heavy atom. The van der Waals surface area contributed by atoms with Gasteiger partial charge in [0.25, 0.3) is 5.91 Å². The molecular formula is C23H17FN2O. The van der Waals surface area contributed by atoms with E-state index >= 15 is 0 Å². The molecule has 0 bridgehead atoms. The number of carbonyl (C=O) groups is 1. The molecule has 0 aliphatic heterocycles. The van der Waals surface area contributed by atoms with Crippen molar-refractivity contribution in [1.82, 2.24) is 10.3 Å². The fourth-order valence-corrected chi connectivity index (χ4v) is 3.04. The van der Waals surface area contributed by atoms with Crippen molar-refractivity contribution in [2.45, 2.75) is 6.54 Å². The molecule has 0 atom stereocenters. The molecule has 1 heterocycles. The number of hydrogen-bond acceptors (Lipinski definition) is 2. The maximum absolute atomic E-state index is 14.2. The third kappa shape index (κ3) is 3.55. The smallest absolute Gasteiger partial charge is 0.252 e. The normalized spacial score (nSPS) is 10.7. The molecule has 3 nitrogen and oxygen atoms in total. The molecule has 4 rings (SSSR count). The van der Waals surface area contributed by atoms with E-state index in [4.69, 9.17) is 0 Å². The monoisotopic (exact) mass is 356 g/mol. The molecule has 0 saturated heterocycles. The lowest BCUT2D eigenvalue weighted by Crippen LogP contribution is -2.23. The van der Waals surface area contributed by atoms with E-state index < -0.39 is 0 Å². The van der Waals surface area contributed by atoms with Gasteiger partial charge in [-0.05, 0) is 29.8 Å². The zero-order chi connectivity index (χ0) is 18.6. The van der Waals surface area contributed by atoms with Crippen LogP contribution in [0.2, 0.25) is 0 Å². The Hall–Kier alpha value is -3.53. The summed E-state index contributed by atoms with van der Waals surface area (Å²) >= 11 is 0. The second-order valence-corrected chi connectivity index (χ2v) is 6.22. The largest absolute Gasteiger partial charge is 0.348 e. The number of aromatic nitrogens is 1. The SMILES string of the molecule is O=C(NCc1ccccc1)c1cc(-c2ccccc2F)nc2ccccc12. The number of carbonyl (C=O) groups excluding carboxylic acids is 1. The van der Waals surface area contributed by atoms with Crippen LogP contribution in [0.3, 0.4) is 0 Å². The first-order chi connectivity index (χ1) is 13.2. The second kappa shape index (κ2) is 7.38. The Morgan fingerprint density at radius 2 is 1.59 bits per heavy atom. The Labute approximate surface area is 156 Å². The van der Waals surface area contributed by atoms with Gasteiger partial charge in [-0.15, -0.1) is 0 Å². The molecule has 1 N–H and O–H groups in total. The minimum absolute atomic E-state index is 0.213. The van der Waals surface area contributed by atoms with Crippen LogP contribution in [-0.4, -0.2) is 10.9 Å². The zero-order valence-corrected chi connectivity index (χ0v) is 14.5. The average Bonchev–Trinajstić information content (AvgIpc) is 2.72. The van der Waals surface area contributed by atoms with Crippen LogP contribution in [0.5, 0.6) is 0 Å². The van der Waals surface area contributed by atoms with Gasteiger partial charge in [0.15, 0.2) is 0 Å². The number of para-hydroxylation sites is 1. The summed E-state index contributed by atoms with van der Waals surface area (Å²) in [6, 6.07) is 25.2. The summed E-state index contributed by atoms with van der Waals surface area (Å²) in [4.78, 5) is 17.4. The molecule has 27 heavy (non-hydrogen) atoms. The van der Waals surface area contributed by atoms with E-state index in [0.717, 1.165) is 10.9 Å². The molecule has 0 spiro atoms. The van der Waals surface area contributed by atoms with Crippen LogP contribution in [0.1, 0.15) is 15.9 Å². The lowest BCUT2D eigenvalue weighted by molar-refractivity contribution is 0.0952. The number of benzene rings is 3. The second-order valence-electron chi connectivity index (χ2n) is 6.22. The zero-order valence-electron chi connectivity index (χ0n) is 14.5. The quantitative estimate of drug-likeness (QED) is 0.561. The molecule has 0 radical (unpaired) electrons. The van der Waals surface area contributed by atoms with Crippen LogP contribution in [0.4, 0.5) is 4.39 Å². The first kappa shape index (κ1) is 16.9. The predicted molar refractivity (Wildman–Crippen MR) is 105 cm³/mol. The van der Waals surface area contributed by atoms with Gasteiger partial charge < -0.3 is 5.32 Å². The molecule has 1 aromatic heterocycles. The van der Waals surface area contributed by atoms with E-state index in [1.54, 1.807) is 24.3 Å². The lowest BCUT2D eigenvalue weighted by atomic mass is 10.0. The molecular weight excluding hydrogens is 339 g/mol. The molecule has 0 saturated carbocycles. The third-order valence-electron chi connectivity index (χ3n) is 4.41. The van der Waals surface area contributed by atoms with Crippen molar-refractivity contribution in [2.75, 3.05) is 0 Å². The van der Waals surface area contributed by atoms with Crippen LogP contribution in [-0.2, 0) is 6.54 Å². The van der Waals surface area contributed by atoms with Crippen LogP contribution in [0.15, 0.2) is 84.9 Å². The van der Waals surface area contributed by atoms with E-state index in [1.165, 1.54) is 6.07 Å². The topological polar surface area (TPSA) is 42.0 Å². The van der Waals surface area contributed by atoms with Crippen LogP contribution < -0.4 is 5.32 Å². The molecule has 3 aromatic carbocycles. The molecule has 4 aromatic rings. The highest BCUT2D eigenvalue weighted by molar-refractivity contribution is 6.07. The van der Waals surface area contributed by atoms with Crippen molar-refractivity contribution in [3.63, 3.8) is 0 Å². The molecule has 0 aliphatic rings. The van der Waals surface area contributed by atoms with Crippen molar-refractivity contribution in [3.05, 3.63) is 102 Å². The van der Waals surface area contributed by atoms with Gasteiger partial charge in [0.1, 0.15) is 5.82 Å². The average molecular weight is 356 g/mol. The van der Waals surface area contributed by atoms with E-state index in [9.17, 15) is 9.18 Å². The van der Waals surface area contributed by atoms with Gasteiger partial charge in [-0.25, -0.2) is 9.37 Å². The Balaban J connectivity index is 1.74. The number of rotatable bonds is 4. The van der Waals surface area contributed by atoms with Crippen LogP contribution >= 0.6 is 0 Å². The van der Waals surface area contributed by atoms with Gasteiger partial charge in [-0.1, -0.05) is 60.7 Å². The van der Waals surface area contributed by atoms with Gasteiger partial charge in [0.05, 0.1) is 16.8 Å². The van der Waals surface area contributed by atoms with Crippen LogP contribution in [0, 0.1) is 5.82 Å². The van der Waals surface area contributed by atoms with Gasteiger partial charge in [-0.2, -0.15) is 0 Å². The highest BCUT2D eigenvalue weighted by Crippen LogP contribution is 2.26. The molecule has 0 aliphatic carbocycles. The van der Waals surface area contributed by atoms with Gasteiger partial charge in [-0.3, -0.25) is 4.79 Å². The lowest BCUT2D eigenvalue weighted by Gasteiger charge is -2.11. The van der Waals surface area contributed by atoms with E-state index in [1.807, 2.05) is 54.6 Å². The molecule has 0 unspecified atom stereocenters. The maximum Gasteiger partial charge on any atom is 0.252 e. The Kier molecular flexibility index (Phi) is 4.62. The molecule has 0 fully saturated rings. The number of hydrogen-bond donors (Lipinski definition) is 1. The summed E-state index contributed by atoms with van der Waals surface area (Å²) < 4.78 is 14.2. The maximum atomic E-state index is 14.2. The highest BCUT2D eigenvalue weighted by atomic mass is 19.1. The Bertz CT molecular complexity index is 1110. The van der Waals surface area contributed by atoms with Gasteiger partial charge in [0, 0.05) is 17.5 Å². The summed E-state index contributed by atoms with van der Waals surface area (Å²) in [6.45, 7) is 0.422. The summed E-state index contributed by atoms with van der Waals surface area (Å²) in [5, 5.41) is 3.68. The fraction of sp³-hybridized carbons (Fsp3) is 0.0435. The van der Waals surface area contributed by atoms with E-state index in [0.29, 0.717) is 28.9 Å². The predicted octanol–water partition coefficient (Wildman–Crippen LogP) is 4.97. The minimum Gasteiger partial charge on any atom is -0.348 e. The number of nitrogens with one attached hydrogen (secondary N) is 1. The standard InChI is InChI=1S/C23H17FN2O/c24-20-12-6-4-11-18(20)22-14-19(17-10-5-7-13-21(17)26-22)23(27)25-15-16-8-2-1-3-9-16/h1-14H,15H2,(H,25,27). The Morgan fingerprint density at radius 1 is 0.889 bits per heavy atom.